The Kier molecular flexibility index (Phi) is 5.83. The van der Waals surface area contributed by atoms with Crippen LogP contribution in [0.3, 0.4) is 0 Å². The number of hydrogen-bond acceptors (Lipinski definition) is 6. The standard InChI is InChI=1S/C17H16BrN3O3S/c1-2-4-15-20-21-17(25-15)19-16(22)14-8-7-13(24-14)10-23-12-6-3-5-11(18)9-12/h3,5-9H,2,4,10H2,1H3,(H,19,21,22). The Balaban J connectivity index is 1.57. The fourth-order valence-corrected chi connectivity index (χ4v) is 3.28. The lowest BCUT2D eigenvalue weighted by Gasteiger charge is -2.04. The van der Waals surface area contributed by atoms with E-state index in [1.807, 2.05) is 24.3 Å². The van der Waals surface area contributed by atoms with Gasteiger partial charge in [0.1, 0.15) is 23.1 Å². The van der Waals surface area contributed by atoms with E-state index in [0.29, 0.717) is 16.6 Å². The number of anilines is 1. The first-order valence-electron chi connectivity index (χ1n) is 7.75. The molecule has 0 unspecified atom stereocenters. The maximum Gasteiger partial charge on any atom is 0.293 e. The molecule has 0 atom stereocenters. The summed E-state index contributed by atoms with van der Waals surface area (Å²) in [5, 5.41) is 12.1. The first kappa shape index (κ1) is 17.6. The van der Waals surface area contributed by atoms with Crippen molar-refractivity contribution in [3.63, 3.8) is 0 Å². The molecule has 0 saturated heterocycles. The van der Waals surface area contributed by atoms with Crippen LogP contribution in [0.5, 0.6) is 5.75 Å². The summed E-state index contributed by atoms with van der Waals surface area (Å²) in [5.41, 5.74) is 0. The summed E-state index contributed by atoms with van der Waals surface area (Å²) in [6.07, 6.45) is 1.84. The third kappa shape index (κ3) is 4.90. The number of aryl methyl sites for hydroxylation is 1. The van der Waals surface area contributed by atoms with Crippen LogP contribution in [0.25, 0.3) is 0 Å². The van der Waals surface area contributed by atoms with Crippen molar-refractivity contribution in [1.29, 1.82) is 0 Å². The highest BCUT2D eigenvalue weighted by Crippen LogP contribution is 2.20. The quantitative estimate of drug-likeness (QED) is 0.599. The second-order valence-electron chi connectivity index (χ2n) is 5.22. The number of hydrogen-bond donors (Lipinski definition) is 1. The van der Waals surface area contributed by atoms with Crippen molar-refractivity contribution < 1.29 is 13.9 Å². The third-order valence-electron chi connectivity index (χ3n) is 3.21. The van der Waals surface area contributed by atoms with E-state index in [9.17, 15) is 4.79 Å². The van der Waals surface area contributed by atoms with Crippen molar-refractivity contribution in [1.82, 2.24) is 10.2 Å². The molecule has 25 heavy (non-hydrogen) atoms. The largest absolute Gasteiger partial charge is 0.486 e. The van der Waals surface area contributed by atoms with Crippen molar-refractivity contribution in [3.8, 4) is 5.75 Å². The second-order valence-corrected chi connectivity index (χ2v) is 7.19. The van der Waals surface area contributed by atoms with E-state index in [-0.39, 0.29) is 18.3 Å². The molecule has 130 valence electrons. The number of aromatic nitrogens is 2. The Morgan fingerprint density at radius 3 is 3.00 bits per heavy atom. The van der Waals surface area contributed by atoms with Crippen LogP contribution in [-0.4, -0.2) is 16.1 Å². The van der Waals surface area contributed by atoms with Gasteiger partial charge >= 0.3 is 0 Å². The van der Waals surface area contributed by atoms with Crippen LogP contribution in [0.1, 0.15) is 34.7 Å². The molecule has 0 fully saturated rings. The number of carbonyl (C=O) groups is 1. The predicted molar refractivity (Wildman–Crippen MR) is 99.0 cm³/mol. The predicted octanol–water partition coefficient (Wildman–Crippen LogP) is 4.68. The van der Waals surface area contributed by atoms with Gasteiger partial charge in [0.25, 0.3) is 5.91 Å². The van der Waals surface area contributed by atoms with Crippen LogP contribution in [0.2, 0.25) is 0 Å². The molecule has 1 amide bonds. The van der Waals surface area contributed by atoms with Gasteiger partial charge in [0.2, 0.25) is 5.13 Å². The molecule has 1 aromatic carbocycles. The Morgan fingerprint density at radius 2 is 2.20 bits per heavy atom. The number of ether oxygens (including phenoxy) is 1. The first-order valence-corrected chi connectivity index (χ1v) is 9.36. The van der Waals surface area contributed by atoms with Gasteiger partial charge in [-0.3, -0.25) is 10.1 Å². The lowest BCUT2D eigenvalue weighted by Crippen LogP contribution is -2.10. The Morgan fingerprint density at radius 1 is 1.32 bits per heavy atom. The molecule has 0 aliphatic rings. The van der Waals surface area contributed by atoms with Crippen LogP contribution >= 0.6 is 27.3 Å². The highest BCUT2D eigenvalue weighted by molar-refractivity contribution is 9.10. The van der Waals surface area contributed by atoms with E-state index in [4.69, 9.17) is 9.15 Å². The number of nitrogens with zero attached hydrogens (tertiary/aromatic N) is 2. The molecule has 1 N–H and O–H groups in total. The van der Waals surface area contributed by atoms with E-state index >= 15 is 0 Å². The normalized spacial score (nSPS) is 10.6. The van der Waals surface area contributed by atoms with Gasteiger partial charge in [-0.2, -0.15) is 0 Å². The van der Waals surface area contributed by atoms with Crippen molar-refractivity contribution in [2.24, 2.45) is 0 Å². The monoisotopic (exact) mass is 421 g/mol. The van der Waals surface area contributed by atoms with Crippen LogP contribution in [0, 0.1) is 0 Å². The van der Waals surface area contributed by atoms with Gasteiger partial charge in [0.15, 0.2) is 5.76 Å². The highest BCUT2D eigenvalue weighted by Gasteiger charge is 2.14. The lowest BCUT2D eigenvalue weighted by molar-refractivity contribution is 0.0992. The van der Waals surface area contributed by atoms with Gasteiger partial charge in [-0.1, -0.05) is 40.3 Å². The van der Waals surface area contributed by atoms with Gasteiger partial charge in [-0.15, -0.1) is 10.2 Å². The molecule has 0 aliphatic carbocycles. The molecule has 0 saturated carbocycles. The second kappa shape index (κ2) is 8.26. The van der Waals surface area contributed by atoms with Crippen molar-refractivity contribution in [2.75, 3.05) is 5.32 Å². The molecule has 2 heterocycles. The number of rotatable bonds is 7. The molecule has 3 aromatic rings. The minimum absolute atomic E-state index is 0.208. The summed E-state index contributed by atoms with van der Waals surface area (Å²) in [6.45, 7) is 2.31. The van der Waals surface area contributed by atoms with Gasteiger partial charge < -0.3 is 9.15 Å². The summed E-state index contributed by atoms with van der Waals surface area (Å²) in [4.78, 5) is 12.2. The minimum Gasteiger partial charge on any atom is -0.486 e. The van der Waals surface area contributed by atoms with E-state index in [0.717, 1.165) is 22.3 Å². The number of furan rings is 1. The zero-order valence-corrected chi connectivity index (χ0v) is 15.9. The number of nitrogens with one attached hydrogen (secondary N) is 1. The summed E-state index contributed by atoms with van der Waals surface area (Å²) >= 11 is 4.76. The van der Waals surface area contributed by atoms with Crippen LogP contribution in [0.4, 0.5) is 5.13 Å². The van der Waals surface area contributed by atoms with E-state index < -0.39 is 0 Å². The van der Waals surface area contributed by atoms with Crippen molar-refractivity contribution >= 4 is 38.3 Å². The first-order chi connectivity index (χ1) is 12.1. The highest BCUT2D eigenvalue weighted by atomic mass is 79.9. The van der Waals surface area contributed by atoms with Crippen LogP contribution < -0.4 is 10.1 Å². The Bertz CT molecular complexity index is 862. The zero-order valence-electron chi connectivity index (χ0n) is 13.5. The summed E-state index contributed by atoms with van der Waals surface area (Å²) in [5.74, 6) is 1.14. The maximum absolute atomic E-state index is 12.2. The van der Waals surface area contributed by atoms with Crippen LogP contribution in [0.15, 0.2) is 45.3 Å². The number of carbonyl (C=O) groups excluding carboxylic acids is 1. The smallest absolute Gasteiger partial charge is 0.293 e. The van der Waals surface area contributed by atoms with Gasteiger partial charge in [0, 0.05) is 10.9 Å². The lowest BCUT2D eigenvalue weighted by atomic mass is 10.3. The van der Waals surface area contributed by atoms with Gasteiger partial charge in [-0.25, -0.2) is 0 Å². The average molecular weight is 422 g/mol. The molecule has 2 aromatic heterocycles. The third-order valence-corrected chi connectivity index (χ3v) is 4.61. The molecule has 0 aliphatic heterocycles. The molecule has 6 nitrogen and oxygen atoms in total. The molecule has 0 radical (unpaired) electrons. The van der Waals surface area contributed by atoms with Gasteiger partial charge in [0.05, 0.1) is 0 Å². The van der Waals surface area contributed by atoms with Crippen molar-refractivity contribution in [2.45, 2.75) is 26.4 Å². The molecular weight excluding hydrogens is 406 g/mol. The Labute approximate surface area is 157 Å². The number of benzene rings is 1. The number of halogens is 1. The van der Waals surface area contributed by atoms with Crippen molar-refractivity contribution in [3.05, 3.63) is 57.4 Å². The van der Waals surface area contributed by atoms with E-state index in [1.165, 1.54) is 11.3 Å². The SMILES string of the molecule is CCCc1nnc(NC(=O)c2ccc(COc3cccc(Br)c3)o2)s1. The number of amides is 1. The fourth-order valence-electron chi connectivity index (χ4n) is 2.07. The molecule has 0 spiro atoms. The van der Waals surface area contributed by atoms with E-state index in [1.54, 1.807) is 12.1 Å². The topological polar surface area (TPSA) is 77.2 Å². The maximum atomic E-state index is 12.2. The average Bonchev–Trinajstić information content (AvgIpc) is 3.23. The molecular formula is C17H16BrN3O3S. The zero-order chi connectivity index (χ0) is 17.6. The minimum atomic E-state index is -0.354. The van der Waals surface area contributed by atoms with Gasteiger partial charge in [-0.05, 0) is 36.8 Å². The molecule has 3 rings (SSSR count). The molecule has 0 bridgehead atoms. The van der Waals surface area contributed by atoms with E-state index in [2.05, 4.69) is 38.4 Å². The summed E-state index contributed by atoms with van der Waals surface area (Å²) in [7, 11) is 0. The summed E-state index contributed by atoms with van der Waals surface area (Å²) < 4.78 is 12.1. The molecule has 8 heteroatoms. The van der Waals surface area contributed by atoms with Crippen LogP contribution in [-0.2, 0) is 13.0 Å². The Hall–Kier alpha value is -2.19. The summed E-state index contributed by atoms with van der Waals surface area (Å²) in [6, 6.07) is 10.8. The fraction of sp³-hybridized carbons (Fsp3) is 0.235.